The van der Waals surface area contributed by atoms with E-state index in [0.29, 0.717) is 4.83 Å². The molecule has 0 radical (unpaired) electrons. The van der Waals surface area contributed by atoms with Gasteiger partial charge in [-0.25, -0.2) is 0 Å². The third-order valence-corrected chi connectivity index (χ3v) is 1.60. The van der Waals surface area contributed by atoms with Crippen LogP contribution >= 0.6 is 15.9 Å². The molecule has 0 aromatic heterocycles. The predicted octanol–water partition coefficient (Wildman–Crippen LogP) is 3.21. The Labute approximate surface area is 60.8 Å². The Kier molecular flexibility index (Phi) is 4.63. The molecular formula is C7H15Br. The summed E-state index contributed by atoms with van der Waals surface area (Å²) in [5.41, 5.74) is 0. The van der Waals surface area contributed by atoms with E-state index in [2.05, 4.69) is 36.7 Å². The summed E-state index contributed by atoms with van der Waals surface area (Å²) in [4.78, 5) is 0.699. The van der Waals surface area contributed by atoms with Crippen molar-refractivity contribution < 1.29 is 0 Å². The van der Waals surface area contributed by atoms with E-state index in [0.717, 1.165) is 5.92 Å². The van der Waals surface area contributed by atoms with Gasteiger partial charge in [0.15, 0.2) is 0 Å². The lowest BCUT2D eigenvalue weighted by molar-refractivity contribution is 0.557. The van der Waals surface area contributed by atoms with E-state index in [4.69, 9.17) is 0 Å². The minimum atomic E-state index is 0.699. The van der Waals surface area contributed by atoms with Crippen molar-refractivity contribution in [3.05, 3.63) is 0 Å². The molecule has 0 aliphatic heterocycles. The summed E-state index contributed by atoms with van der Waals surface area (Å²) in [6.07, 6.45) is 2.64. The normalized spacial score (nSPS) is 14.6. The molecular weight excluding hydrogens is 164 g/mol. The lowest BCUT2D eigenvalue weighted by Crippen LogP contribution is -1.93. The molecule has 0 fully saturated rings. The molecule has 0 saturated heterocycles. The van der Waals surface area contributed by atoms with Crippen molar-refractivity contribution in [2.45, 2.75) is 38.4 Å². The van der Waals surface area contributed by atoms with E-state index < -0.39 is 0 Å². The van der Waals surface area contributed by atoms with Gasteiger partial charge in [0.05, 0.1) is 0 Å². The highest BCUT2D eigenvalue weighted by molar-refractivity contribution is 9.09. The van der Waals surface area contributed by atoms with Crippen LogP contribution < -0.4 is 0 Å². The molecule has 0 heterocycles. The van der Waals surface area contributed by atoms with Crippen molar-refractivity contribution in [2.75, 3.05) is 0 Å². The van der Waals surface area contributed by atoms with Crippen molar-refractivity contribution in [3.8, 4) is 0 Å². The van der Waals surface area contributed by atoms with Gasteiger partial charge in [0.1, 0.15) is 0 Å². The fourth-order valence-corrected chi connectivity index (χ4v) is 0.827. The van der Waals surface area contributed by atoms with Crippen molar-refractivity contribution in [2.24, 2.45) is 5.92 Å². The summed E-state index contributed by atoms with van der Waals surface area (Å²) in [5, 5.41) is 0. The molecule has 0 saturated carbocycles. The van der Waals surface area contributed by atoms with Gasteiger partial charge in [0, 0.05) is 4.83 Å². The van der Waals surface area contributed by atoms with Crippen LogP contribution in [0.1, 0.15) is 33.6 Å². The molecule has 1 atom stereocenters. The van der Waals surface area contributed by atoms with E-state index in [1.54, 1.807) is 0 Å². The average Bonchev–Trinajstić information content (AvgIpc) is 1.61. The summed E-state index contributed by atoms with van der Waals surface area (Å²) >= 11 is 3.50. The second kappa shape index (κ2) is 4.37. The molecule has 1 heteroatoms. The average molecular weight is 179 g/mol. The van der Waals surface area contributed by atoms with E-state index >= 15 is 0 Å². The van der Waals surface area contributed by atoms with Gasteiger partial charge in [-0.3, -0.25) is 0 Å². The highest BCUT2D eigenvalue weighted by atomic mass is 79.9. The number of hydrogen-bond acceptors (Lipinski definition) is 0. The van der Waals surface area contributed by atoms with Crippen LogP contribution in [0.5, 0.6) is 0 Å². The number of rotatable bonds is 3. The molecule has 50 valence electrons. The Balaban J connectivity index is 2.93. The number of halogens is 1. The largest absolute Gasteiger partial charge is 0.0894 e. The van der Waals surface area contributed by atoms with Crippen LogP contribution in [0, 0.1) is 5.92 Å². The Hall–Kier alpha value is 0.480. The van der Waals surface area contributed by atoms with E-state index in [-0.39, 0.29) is 0 Å². The molecule has 0 spiro atoms. The summed E-state index contributed by atoms with van der Waals surface area (Å²) < 4.78 is 0. The first-order valence-electron chi connectivity index (χ1n) is 3.27. The van der Waals surface area contributed by atoms with Gasteiger partial charge >= 0.3 is 0 Å². The van der Waals surface area contributed by atoms with Gasteiger partial charge < -0.3 is 0 Å². The maximum absolute atomic E-state index is 3.50. The predicted molar refractivity (Wildman–Crippen MR) is 42.5 cm³/mol. The Morgan fingerprint density at radius 3 is 1.75 bits per heavy atom. The summed E-state index contributed by atoms with van der Waals surface area (Å²) in [5.74, 6) is 0.856. The maximum atomic E-state index is 3.50. The second-order valence-corrected chi connectivity index (χ2v) is 4.32. The third-order valence-electron chi connectivity index (χ3n) is 1.14. The Morgan fingerprint density at radius 2 is 1.62 bits per heavy atom. The first-order chi connectivity index (χ1) is 3.63. The van der Waals surface area contributed by atoms with Crippen molar-refractivity contribution >= 4 is 15.9 Å². The second-order valence-electron chi connectivity index (χ2n) is 2.75. The highest BCUT2D eigenvalue weighted by Crippen LogP contribution is 2.11. The topological polar surface area (TPSA) is 0 Å². The molecule has 0 bridgehead atoms. The van der Waals surface area contributed by atoms with E-state index in [1.165, 1.54) is 12.8 Å². The molecule has 0 aromatic rings. The molecule has 0 amide bonds. The lowest BCUT2D eigenvalue weighted by atomic mass is 10.1. The zero-order valence-corrected chi connectivity index (χ0v) is 7.53. The first-order valence-corrected chi connectivity index (χ1v) is 4.18. The van der Waals surface area contributed by atoms with Gasteiger partial charge in [0.2, 0.25) is 0 Å². The number of hydrogen-bond donors (Lipinski definition) is 0. The van der Waals surface area contributed by atoms with Crippen molar-refractivity contribution in [1.29, 1.82) is 0 Å². The first kappa shape index (κ1) is 8.48. The SMILES string of the molecule is CC(C)CC[C@H](C)Br. The minimum absolute atomic E-state index is 0.699. The maximum Gasteiger partial charge on any atom is 0.0117 e. The molecule has 0 N–H and O–H groups in total. The molecule has 0 aromatic carbocycles. The third kappa shape index (κ3) is 6.48. The smallest absolute Gasteiger partial charge is 0.0117 e. The van der Waals surface area contributed by atoms with Crippen LogP contribution in [-0.2, 0) is 0 Å². The molecule has 0 rings (SSSR count). The zero-order valence-electron chi connectivity index (χ0n) is 5.95. The highest BCUT2D eigenvalue weighted by Gasteiger charge is 1.97. The van der Waals surface area contributed by atoms with E-state index in [1.807, 2.05) is 0 Å². The molecule has 0 aliphatic carbocycles. The lowest BCUT2D eigenvalue weighted by Gasteiger charge is -2.04. The van der Waals surface area contributed by atoms with Gasteiger partial charge in [-0.1, -0.05) is 36.7 Å². The van der Waals surface area contributed by atoms with Crippen LogP contribution in [-0.4, -0.2) is 4.83 Å². The minimum Gasteiger partial charge on any atom is -0.0894 e. The fourth-order valence-electron chi connectivity index (χ4n) is 0.563. The van der Waals surface area contributed by atoms with Gasteiger partial charge in [-0.15, -0.1) is 0 Å². The van der Waals surface area contributed by atoms with Gasteiger partial charge in [-0.05, 0) is 18.8 Å². The van der Waals surface area contributed by atoms with Crippen LogP contribution in [0.25, 0.3) is 0 Å². The monoisotopic (exact) mass is 178 g/mol. The molecule has 0 aliphatic rings. The Bertz CT molecular complexity index is 40.3. The number of alkyl halides is 1. The zero-order chi connectivity index (χ0) is 6.57. The van der Waals surface area contributed by atoms with E-state index in [9.17, 15) is 0 Å². The molecule has 8 heavy (non-hydrogen) atoms. The summed E-state index contributed by atoms with van der Waals surface area (Å²) in [7, 11) is 0. The quantitative estimate of drug-likeness (QED) is 0.583. The van der Waals surface area contributed by atoms with Crippen molar-refractivity contribution in [1.82, 2.24) is 0 Å². The van der Waals surface area contributed by atoms with Gasteiger partial charge in [0.25, 0.3) is 0 Å². The Morgan fingerprint density at radius 1 is 1.12 bits per heavy atom. The van der Waals surface area contributed by atoms with Gasteiger partial charge in [-0.2, -0.15) is 0 Å². The fraction of sp³-hybridized carbons (Fsp3) is 1.00. The summed E-state index contributed by atoms with van der Waals surface area (Å²) in [6, 6.07) is 0. The summed E-state index contributed by atoms with van der Waals surface area (Å²) in [6.45, 7) is 6.72. The van der Waals surface area contributed by atoms with Crippen molar-refractivity contribution in [3.63, 3.8) is 0 Å². The molecule has 0 nitrogen and oxygen atoms in total. The van der Waals surface area contributed by atoms with Crippen LogP contribution in [0.4, 0.5) is 0 Å². The van der Waals surface area contributed by atoms with Crippen LogP contribution in [0.3, 0.4) is 0 Å². The van der Waals surface area contributed by atoms with Crippen LogP contribution in [0.2, 0.25) is 0 Å². The van der Waals surface area contributed by atoms with Crippen LogP contribution in [0.15, 0.2) is 0 Å². The standard InChI is InChI=1S/C7H15Br/c1-6(2)4-5-7(3)8/h6-7H,4-5H2,1-3H3/t7-/m0/s1. The molecule has 0 unspecified atom stereocenters.